The van der Waals surface area contributed by atoms with Gasteiger partial charge < -0.3 is 15.6 Å². The Morgan fingerprint density at radius 1 is 0.964 bits per heavy atom. The fraction of sp³-hybridized carbons (Fsp3) is 0.250. The van der Waals surface area contributed by atoms with Crippen molar-refractivity contribution in [2.24, 2.45) is 5.73 Å². The third-order valence-corrected chi connectivity index (χ3v) is 5.34. The van der Waals surface area contributed by atoms with Crippen LogP contribution in [0.15, 0.2) is 78.9 Å². The van der Waals surface area contributed by atoms with Gasteiger partial charge in [0, 0.05) is 16.0 Å². The zero-order valence-electron chi connectivity index (χ0n) is 16.0. The van der Waals surface area contributed by atoms with Gasteiger partial charge in [-0.1, -0.05) is 85.3 Å². The molecular formula is C24H26ClNO2. The Labute approximate surface area is 171 Å². The molecule has 28 heavy (non-hydrogen) atoms. The van der Waals surface area contributed by atoms with E-state index in [1.54, 1.807) is 0 Å². The highest BCUT2D eigenvalue weighted by Gasteiger charge is 2.32. The predicted octanol–water partition coefficient (Wildman–Crippen LogP) is 5.09. The summed E-state index contributed by atoms with van der Waals surface area (Å²) in [5.74, 6) is 0.793. The first-order valence-corrected chi connectivity index (χ1v) is 9.79. The monoisotopic (exact) mass is 395 g/mol. The number of aliphatic hydroxyl groups is 1. The number of aliphatic hydroxyl groups excluding tert-OH is 1. The predicted molar refractivity (Wildman–Crippen MR) is 115 cm³/mol. The van der Waals surface area contributed by atoms with Gasteiger partial charge in [0.2, 0.25) is 0 Å². The Morgan fingerprint density at radius 2 is 1.61 bits per heavy atom. The van der Waals surface area contributed by atoms with Gasteiger partial charge in [-0.15, -0.1) is 0 Å². The number of hydrogen-bond acceptors (Lipinski definition) is 3. The molecule has 0 amide bonds. The lowest BCUT2D eigenvalue weighted by Crippen LogP contribution is -2.35. The van der Waals surface area contributed by atoms with Gasteiger partial charge >= 0.3 is 0 Å². The third kappa shape index (κ3) is 5.14. The fourth-order valence-electron chi connectivity index (χ4n) is 3.63. The van der Waals surface area contributed by atoms with E-state index in [0.29, 0.717) is 24.5 Å². The lowest BCUT2D eigenvalue weighted by atomic mass is 9.74. The SMILES string of the molecule is CC(Cc1ccccc1Cl)(C[C@H](N)O)c1ccccc1OCc1ccccc1. The highest BCUT2D eigenvalue weighted by Crippen LogP contribution is 2.39. The van der Waals surface area contributed by atoms with Gasteiger partial charge in [0.15, 0.2) is 0 Å². The molecule has 0 aromatic heterocycles. The van der Waals surface area contributed by atoms with Crippen LogP contribution in [0.2, 0.25) is 5.02 Å². The van der Waals surface area contributed by atoms with Crippen LogP contribution in [0.5, 0.6) is 5.75 Å². The highest BCUT2D eigenvalue weighted by atomic mass is 35.5. The van der Waals surface area contributed by atoms with Crippen molar-refractivity contribution in [3.63, 3.8) is 0 Å². The second-order valence-electron chi connectivity index (χ2n) is 7.37. The van der Waals surface area contributed by atoms with Crippen LogP contribution in [0.1, 0.15) is 30.0 Å². The Bertz CT molecular complexity index is 898. The van der Waals surface area contributed by atoms with Gasteiger partial charge in [-0.05, 0) is 36.1 Å². The van der Waals surface area contributed by atoms with Crippen molar-refractivity contribution in [3.05, 3.63) is 101 Å². The molecule has 0 spiro atoms. The summed E-state index contributed by atoms with van der Waals surface area (Å²) in [5.41, 5.74) is 8.50. The fourth-order valence-corrected chi connectivity index (χ4v) is 3.83. The first-order valence-electron chi connectivity index (χ1n) is 9.41. The molecule has 3 rings (SSSR count). The average Bonchev–Trinajstić information content (AvgIpc) is 2.69. The van der Waals surface area contributed by atoms with Gasteiger partial charge in [0.1, 0.15) is 18.6 Å². The van der Waals surface area contributed by atoms with E-state index in [1.807, 2.05) is 78.9 Å². The second kappa shape index (κ2) is 9.24. The molecule has 146 valence electrons. The molecule has 0 aliphatic rings. The molecule has 0 saturated heterocycles. The maximum atomic E-state index is 10.00. The Balaban J connectivity index is 1.92. The van der Waals surface area contributed by atoms with Gasteiger partial charge in [-0.3, -0.25) is 0 Å². The van der Waals surface area contributed by atoms with E-state index in [9.17, 15) is 5.11 Å². The maximum absolute atomic E-state index is 10.00. The van der Waals surface area contributed by atoms with Crippen molar-refractivity contribution in [1.82, 2.24) is 0 Å². The van der Waals surface area contributed by atoms with Crippen LogP contribution in [0.25, 0.3) is 0 Å². The number of ether oxygens (including phenoxy) is 1. The summed E-state index contributed by atoms with van der Waals surface area (Å²) >= 11 is 6.41. The smallest absolute Gasteiger partial charge is 0.123 e. The first kappa shape index (κ1) is 20.4. The molecule has 0 bridgehead atoms. The van der Waals surface area contributed by atoms with E-state index in [-0.39, 0.29) is 0 Å². The number of nitrogens with two attached hydrogens (primary N) is 1. The molecule has 2 atom stereocenters. The summed E-state index contributed by atoms with van der Waals surface area (Å²) < 4.78 is 6.16. The molecule has 3 aromatic carbocycles. The standard InChI is InChI=1S/C24H26ClNO2/c1-24(16-23(26)27,15-19-11-5-7-13-21(19)25)20-12-6-8-14-22(20)28-17-18-9-3-2-4-10-18/h2-14,23,27H,15-17,26H2,1H3/t23-,24?/m1/s1. The van der Waals surface area contributed by atoms with E-state index in [1.165, 1.54) is 0 Å². The van der Waals surface area contributed by atoms with Gasteiger partial charge in [-0.2, -0.15) is 0 Å². The average molecular weight is 396 g/mol. The van der Waals surface area contributed by atoms with Crippen LogP contribution in [0, 0.1) is 0 Å². The zero-order chi connectivity index (χ0) is 20.0. The Kier molecular flexibility index (Phi) is 6.74. The van der Waals surface area contributed by atoms with Crippen LogP contribution >= 0.6 is 11.6 Å². The molecule has 3 nitrogen and oxygen atoms in total. The third-order valence-electron chi connectivity index (χ3n) is 4.97. The van der Waals surface area contributed by atoms with Gasteiger partial charge in [0.25, 0.3) is 0 Å². The van der Waals surface area contributed by atoms with Crippen LogP contribution in [-0.4, -0.2) is 11.3 Å². The topological polar surface area (TPSA) is 55.5 Å². The number of halogens is 1. The largest absolute Gasteiger partial charge is 0.489 e. The summed E-state index contributed by atoms with van der Waals surface area (Å²) in [6.45, 7) is 2.57. The van der Waals surface area contributed by atoms with E-state index >= 15 is 0 Å². The highest BCUT2D eigenvalue weighted by molar-refractivity contribution is 6.31. The van der Waals surface area contributed by atoms with E-state index in [0.717, 1.165) is 22.4 Å². The van der Waals surface area contributed by atoms with E-state index < -0.39 is 11.6 Å². The number of rotatable bonds is 8. The summed E-state index contributed by atoms with van der Waals surface area (Å²) in [5, 5.41) is 10.7. The molecular weight excluding hydrogens is 370 g/mol. The summed E-state index contributed by atoms with van der Waals surface area (Å²) in [6.07, 6.45) is 0.103. The minimum atomic E-state index is -0.935. The van der Waals surface area contributed by atoms with E-state index in [4.69, 9.17) is 22.1 Å². The first-order chi connectivity index (χ1) is 13.5. The molecule has 0 radical (unpaired) electrons. The molecule has 4 heteroatoms. The molecule has 0 aliphatic heterocycles. The lowest BCUT2D eigenvalue weighted by molar-refractivity contribution is 0.138. The van der Waals surface area contributed by atoms with Crippen molar-refractivity contribution < 1.29 is 9.84 Å². The minimum absolute atomic E-state index is 0.393. The molecule has 1 unspecified atom stereocenters. The van der Waals surface area contributed by atoms with Crippen molar-refractivity contribution in [2.45, 2.75) is 38.0 Å². The van der Waals surface area contributed by atoms with Crippen molar-refractivity contribution in [1.29, 1.82) is 0 Å². The summed E-state index contributed by atoms with van der Waals surface area (Å²) in [6, 6.07) is 25.8. The molecule has 3 N–H and O–H groups in total. The van der Waals surface area contributed by atoms with E-state index in [2.05, 4.69) is 6.92 Å². The zero-order valence-corrected chi connectivity index (χ0v) is 16.8. The molecule has 0 saturated carbocycles. The number of para-hydroxylation sites is 1. The molecule has 0 aliphatic carbocycles. The second-order valence-corrected chi connectivity index (χ2v) is 7.78. The normalized spacial score (nSPS) is 14.3. The van der Waals surface area contributed by atoms with Crippen LogP contribution < -0.4 is 10.5 Å². The number of benzene rings is 3. The Morgan fingerprint density at radius 3 is 2.32 bits per heavy atom. The minimum Gasteiger partial charge on any atom is -0.489 e. The lowest BCUT2D eigenvalue weighted by Gasteiger charge is -2.33. The van der Waals surface area contributed by atoms with Crippen molar-refractivity contribution >= 4 is 11.6 Å². The van der Waals surface area contributed by atoms with Crippen molar-refractivity contribution in [3.8, 4) is 5.75 Å². The summed E-state index contributed by atoms with van der Waals surface area (Å²) in [7, 11) is 0. The molecule has 0 fully saturated rings. The molecule has 3 aromatic rings. The molecule has 0 heterocycles. The number of hydrogen-bond donors (Lipinski definition) is 2. The maximum Gasteiger partial charge on any atom is 0.123 e. The van der Waals surface area contributed by atoms with Crippen LogP contribution in [0.4, 0.5) is 0 Å². The van der Waals surface area contributed by atoms with Crippen LogP contribution in [-0.2, 0) is 18.4 Å². The quantitative estimate of drug-likeness (QED) is 0.522. The van der Waals surface area contributed by atoms with Crippen molar-refractivity contribution in [2.75, 3.05) is 0 Å². The van der Waals surface area contributed by atoms with Gasteiger partial charge in [0.05, 0.1) is 0 Å². The Hall–Kier alpha value is -2.33. The summed E-state index contributed by atoms with van der Waals surface area (Å²) in [4.78, 5) is 0. The van der Waals surface area contributed by atoms with Crippen LogP contribution in [0.3, 0.4) is 0 Å². The van der Waals surface area contributed by atoms with Gasteiger partial charge in [-0.25, -0.2) is 0 Å².